The molecule has 0 spiro atoms. The van der Waals surface area contributed by atoms with E-state index in [1.54, 1.807) is 18.0 Å². The van der Waals surface area contributed by atoms with Crippen molar-refractivity contribution in [2.24, 2.45) is 10.9 Å². The van der Waals surface area contributed by atoms with Gasteiger partial charge in [0.25, 0.3) is 11.7 Å². The molecule has 0 aliphatic carbocycles. The number of urea groups is 1. The largest absolute Gasteiger partial charge is 0.445 e. The number of rotatable bonds is 1. The van der Waals surface area contributed by atoms with Gasteiger partial charge in [-0.2, -0.15) is 9.48 Å². The van der Waals surface area contributed by atoms with Gasteiger partial charge in [-0.25, -0.2) is 4.79 Å². The Bertz CT molecular complexity index is 720. The molecule has 0 aromatic rings. The molecule has 24 heavy (non-hydrogen) atoms. The predicted molar refractivity (Wildman–Crippen MR) is 86.0 cm³/mol. The van der Waals surface area contributed by atoms with Gasteiger partial charge >= 0.3 is 11.9 Å². The zero-order valence-corrected chi connectivity index (χ0v) is 14.3. The molecule has 1 fully saturated rings. The second kappa shape index (κ2) is 5.62. The molecule has 0 bridgehead atoms. The van der Waals surface area contributed by atoms with Gasteiger partial charge in [-0.15, -0.1) is 4.99 Å². The van der Waals surface area contributed by atoms with E-state index in [0.717, 1.165) is 4.90 Å². The van der Waals surface area contributed by atoms with Gasteiger partial charge in [0.1, 0.15) is 6.21 Å². The average Bonchev–Trinajstić information content (AvgIpc) is 2.56. The van der Waals surface area contributed by atoms with Gasteiger partial charge in [0.05, 0.1) is 38.4 Å². The number of imide groups is 1. The van der Waals surface area contributed by atoms with E-state index in [2.05, 4.69) is 4.99 Å². The van der Waals surface area contributed by atoms with Gasteiger partial charge in [0.15, 0.2) is 5.92 Å². The third kappa shape index (κ3) is 2.47. The second-order valence-corrected chi connectivity index (χ2v) is 6.78. The van der Waals surface area contributed by atoms with Crippen LogP contribution in [-0.2, 0) is 14.3 Å². The summed E-state index contributed by atoms with van der Waals surface area (Å²) >= 11 is 0. The fraction of sp³-hybridized carbons (Fsp3) is 0.562. The molecular formula is C16H21N4O4+. The predicted octanol–water partition coefficient (Wildman–Crippen LogP) is -0.116. The summed E-state index contributed by atoms with van der Waals surface area (Å²) in [4.78, 5) is 44.2. The average molecular weight is 333 g/mol. The highest BCUT2D eigenvalue weighted by Crippen LogP contribution is 2.24. The number of fused-ring (bicyclic) bond motifs is 1. The first-order valence-corrected chi connectivity index (χ1v) is 7.82. The zero-order valence-electron chi connectivity index (χ0n) is 14.3. The molecule has 1 unspecified atom stereocenters. The van der Waals surface area contributed by atoms with Crippen molar-refractivity contribution in [2.75, 3.05) is 33.9 Å². The number of carbonyl (C=O) groups excluding carboxylic acids is 3. The van der Waals surface area contributed by atoms with E-state index in [0.29, 0.717) is 31.2 Å². The molecule has 4 amide bonds. The van der Waals surface area contributed by atoms with Crippen LogP contribution in [0, 0.1) is 5.92 Å². The van der Waals surface area contributed by atoms with Crippen LogP contribution >= 0.6 is 0 Å². The molecule has 3 aliphatic heterocycles. The second-order valence-electron chi connectivity index (χ2n) is 6.78. The lowest BCUT2D eigenvalue weighted by molar-refractivity contribution is -0.407. The van der Waals surface area contributed by atoms with Crippen LogP contribution in [0.5, 0.6) is 0 Å². The Morgan fingerprint density at radius 3 is 2.79 bits per heavy atom. The zero-order chi connectivity index (χ0) is 17.6. The first-order chi connectivity index (χ1) is 11.2. The molecule has 0 aromatic carbocycles. The van der Waals surface area contributed by atoms with Crippen LogP contribution < -0.4 is 0 Å². The fourth-order valence-corrected chi connectivity index (χ4v) is 3.13. The Morgan fingerprint density at radius 1 is 1.42 bits per heavy atom. The van der Waals surface area contributed by atoms with Crippen LogP contribution in [0.2, 0.25) is 0 Å². The Kier molecular flexibility index (Phi) is 3.87. The molecule has 128 valence electrons. The summed E-state index contributed by atoms with van der Waals surface area (Å²) in [5.74, 6) is -0.927. The smallest absolute Gasteiger partial charge is 0.377 e. The number of amidine groups is 1. The summed E-state index contributed by atoms with van der Waals surface area (Å²) in [6.45, 7) is 5.31. The standard InChI is InChI=1S/C16H21N4O4/c1-16(2)9-24-6-5-20(16)13(21)10-7-11-12(17-8-10)18(3)15(23)19(4)14(11)22/h7-8,11H,5-6,9H2,1-4H3/q+1. The molecule has 8 nitrogen and oxygen atoms in total. The molecule has 0 N–H and O–H groups in total. The van der Waals surface area contributed by atoms with Crippen LogP contribution in [0.3, 0.4) is 0 Å². The highest BCUT2D eigenvalue weighted by Gasteiger charge is 2.45. The highest BCUT2D eigenvalue weighted by atomic mass is 16.5. The molecule has 3 heterocycles. The van der Waals surface area contributed by atoms with Gasteiger partial charge in [0.2, 0.25) is 0 Å². The van der Waals surface area contributed by atoms with Gasteiger partial charge in [-0.3, -0.25) is 9.59 Å². The number of aliphatic imine (C=N–C) groups is 1. The lowest BCUT2D eigenvalue weighted by Gasteiger charge is -2.42. The summed E-state index contributed by atoms with van der Waals surface area (Å²) in [6, 6.07) is -0.430. The van der Waals surface area contributed by atoms with Crippen molar-refractivity contribution < 1.29 is 23.7 Å². The molecule has 3 aliphatic rings. The summed E-state index contributed by atoms with van der Waals surface area (Å²) < 4.78 is 6.77. The van der Waals surface area contributed by atoms with Crippen molar-refractivity contribution in [3.8, 4) is 0 Å². The summed E-state index contributed by atoms with van der Waals surface area (Å²) in [6.07, 6.45) is 3.03. The maximum absolute atomic E-state index is 12.9. The van der Waals surface area contributed by atoms with E-state index in [1.165, 1.54) is 17.8 Å². The summed E-state index contributed by atoms with van der Waals surface area (Å²) in [5.41, 5.74) is -0.0584. The fourth-order valence-electron chi connectivity index (χ4n) is 3.13. The molecule has 0 aromatic heterocycles. The third-order valence-corrected chi connectivity index (χ3v) is 4.61. The molecule has 1 atom stereocenters. The first kappa shape index (κ1) is 16.5. The van der Waals surface area contributed by atoms with E-state index in [1.807, 2.05) is 13.8 Å². The number of amides is 4. The monoisotopic (exact) mass is 333 g/mol. The molecule has 8 heteroatoms. The lowest BCUT2D eigenvalue weighted by Crippen LogP contribution is -2.56. The summed E-state index contributed by atoms with van der Waals surface area (Å²) in [5, 5.41) is 0. The number of dihydropyridines is 1. The molecule has 0 radical (unpaired) electrons. The van der Waals surface area contributed by atoms with Crippen molar-refractivity contribution in [3.63, 3.8) is 0 Å². The minimum atomic E-state index is -0.717. The van der Waals surface area contributed by atoms with E-state index in [4.69, 9.17) is 4.74 Å². The molecule has 3 rings (SSSR count). The van der Waals surface area contributed by atoms with Gasteiger partial charge in [-0.05, 0) is 19.9 Å². The normalized spacial score (nSPS) is 26.5. The number of hydrogen-bond acceptors (Lipinski definition) is 5. The van der Waals surface area contributed by atoms with Crippen LogP contribution in [0.15, 0.2) is 16.6 Å². The van der Waals surface area contributed by atoms with Crippen molar-refractivity contribution in [2.45, 2.75) is 19.4 Å². The van der Waals surface area contributed by atoms with Gasteiger partial charge in [0, 0.05) is 6.54 Å². The molecular weight excluding hydrogens is 312 g/mol. The number of hydrogen-bond donors (Lipinski definition) is 0. The van der Waals surface area contributed by atoms with E-state index in [9.17, 15) is 14.4 Å². The maximum atomic E-state index is 12.9. The Hall–Kier alpha value is -2.35. The van der Waals surface area contributed by atoms with Crippen molar-refractivity contribution >= 4 is 29.9 Å². The van der Waals surface area contributed by atoms with E-state index in [-0.39, 0.29) is 11.8 Å². The number of carbonyl (C=O) groups is 3. The van der Waals surface area contributed by atoms with Crippen LogP contribution in [0.4, 0.5) is 4.79 Å². The molecule has 0 saturated carbocycles. The van der Waals surface area contributed by atoms with Crippen molar-refractivity contribution in [1.29, 1.82) is 0 Å². The lowest BCUT2D eigenvalue weighted by atomic mass is 9.96. The number of nitrogens with zero attached hydrogens (tertiary/aromatic N) is 4. The first-order valence-electron chi connectivity index (χ1n) is 7.82. The van der Waals surface area contributed by atoms with Gasteiger partial charge in [-0.1, -0.05) is 0 Å². The highest BCUT2D eigenvalue weighted by molar-refractivity contribution is 6.21. The Labute approximate surface area is 140 Å². The molecule has 1 saturated heterocycles. The van der Waals surface area contributed by atoms with E-state index < -0.39 is 17.5 Å². The maximum Gasteiger partial charge on any atom is 0.445 e. The van der Waals surface area contributed by atoms with Crippen molar-refractivity contribution in [3.05, 3.63) is 11.6 Å². The van der Waals surface area contributed by atoms with Crippen LogP contribution in [0.25, 0.3) is 0 Å². The van der Waals surface area contributed by atoms with Crippen LogP contribution in [0.1, 0.15) is 13.8 Å². The topological polar surface area (TPSA) is 82.3 Å². The number of morpholine rings is 1. The Balaban J connectivity index is 1.93. The quantitative estimate of drug-likeness (QED) is 0.627. The Morgan fingerprint density at radius 2 is 2.12 bits per heavy atom. The summed E-state index contributed by atoms with van der Waals surface area (Å²) in [7, 11) is 2.99. The van der Waals surface area contributed by atoms with Crippen molar-refractivity contribution in [1.82, 2.24) is 9.80 Å². The number of ether oxygens (including phenoxy) is 1. The third-order valence-electron chi connectivity index (χ3n) is 4.61. The van der Waals surface area contributed by atoms with Gasteiger partial charge < -0.3 is 9.64 Å². The minimum absolute atomic E-state index is 0.180. The SMILES string of the molecule is CN1C(=O)C2C=C(C(=O)N3CCOCC3(C)C)C=NC2=[N+](C)C1=O. The van der Waals surface area contributed by atoms with E-state index >= 15 is 0 Å². The van der Waals surface area contributed by atoms with Crippen LogP contribution in [-0.4, -0.2) is 83.7 Å². The minimum Gasteiger partial charge on any atom is -0.377 e.